The number of aromatic nitrogens is 2. The van der Waals surface area contributed by atoms with Crippen molar-refractivity contribution in [2.75, 3.05) is 19.6 Å². The van der Waals surface area contributed by atoms with E-state index >= 15 is 0 Å². The molecule has 4 atom stereocenters. The van der Waals surface area contributed by atoms with Crippen molar-refractivity contribution in [2.45, 2.75) is 31.0 Å². The summed E-state index contributed by atoms with van der Waals surface area (Å²) in [6, 6.07) is 3.07. The summed E-state index contributed by atoms with van der Waals surface area (Å²) in [5.74, 6) is -1.80. The van der Waals surface area contributed by atoms with Crippen LogP contribution in [0.2, 0.25) is 0 Å². The lowest BCUT2D eigenvalue weighted by Gasteiger charge is -2.29. The van der Waals surface area contributed by atoms with Gasteiger partial charge >= 0.3 is 0 Å². The van der Waals surface area contributed by atoms with Gasteiger partial charge in [-0.3, -0.25) is 9.59 Å². The normalized spacial score (nSPS) is 29.3. The number of halogens is 2. The molecule has 1 N–H and O–H groups in total. The van der Waals surface area contributed by atoms with Gasteiger partial charge in [0.25, 0.3) is 5.91 Å². The van der Waals surface area contributed by atoms with E-state index in [1.807, 2.05) is 0 Å². The second-order valence-electron chi connectivity index (χ2n) is 8.27. The van der Waals surface area contributed by atoms with E-state index in [0.717, 1.165) is 31.0 Å². The molecular formula is C20H20F2N4O4. The van der Waals surface area contributed by atoms with E-state index in [-0.39, 0.29) is 47.4 Å². The Morgan fingerprint density at radius 3 is 2.80 bits per heavy atom. The zero-order valence-electron chi connectivity index (χ0n) is 16.0. The van der Waals surface area contributed by atoms with Crippen LogP contribution in [0.15, 0.2) is 29.0 Å². The summed E-state index contributed by atoms with van der Waals surface area (Å²) in [6.07, 6.45) is 2.97. The molecule has 0 radical (unpaired) electrons. The number of hydrogen-bond donors (Lipinski definition) is 1. The van der Waals surface area contributed by atoms with Crippen LogP contribution in [0.3, 0.4) is 0 Å². The molecule has 0 unspecified atom stereocenters. The zero-order valence-corrected chi connectivity index (χ0v) is 16.0. The molecule has 3 aliphatic heterocycles. The predicted octanol–water partition coefficient (Wildman–Crippen LogP) is 1.33. The summed E-state index contributed by atoms with van der Waals surface area (Å²) in [6.45, 7) is 1.38. The molecule has 158 valence electrons. The maximum Gasteiger partial charge on any atom is 0.277 e. The molecule has 0 saturated carbocycles. The van der Waals surface area contributed by atoms with Crippen LogP contribution >= 0.6 is 0 Å². The number of carbonyl (C=O) groups is 2. The van der Waals surface area contributed by atoms with Gasteiger partial charge in [-0.15, -0.1) is 0 Å². The predicted molar refractivity (Wildman–Crippen MR) is 97.1 cm³/mol. The van der Waals surface area contributed by atoms with Crippen LogP contribution in [0, 0.1) is 23.5 Å². The molecule has 3 saturated heterocycles. The number of fused-ring (bicyclic) bond motifs is 1. The quantitative estimate of drug-likeness (QED) is 0.787. The number of likely N-dealkylation sites (tertiary alicyclic amines) is 1. The summed E-state index contributed by atoms with van der Waals surface area (Å²) in [5, 5.41) is 9.97. The Morgan fingerprint density at radius 2 is 2.07 bits per heavy atom. The molecule has 30 heavy (non-hydrogen) atoms. The highest BCUT2D eigenvalue weighted by molar-refractivity contribution is 5.92. The van der Waals surface area contributed by atoms with Gasteiger partial charge in [-0.05, 0) is 35.7 Å². The standard InChI is InChI=1S/C20H20F2N4O4/c21-12-3-11(4-13(22)6-12)5-18(27)23-7-14-15-9-26(19(28)16-8-24-30-25-16)10-20(15)2-1-17(14)29-20/h3-4,6,8,14-15,17H,1-2,5,7,9-10H2,(H,23,27)/t14-,15+,17+,20+/m0/s1. The fourth-order valence-corrected chi connectivity index (χ4v) is 5.23. The highest BCUT2D eigenvalue weighted by atomic mass is 19.1. The van der Waals surface area contributed by atoms with Crippen LogP contribution in [0.1, 0.15) is 28.9 Å². The maximum atomic E-state index is 13.3. The number of benzene rings is 1. The van der Waals surface area contributed by atoms with Gasteiger partial charge in [-0.25, -0.2) is 13.4 Å². The molecule has 2 amide bonds. The highest BCUT2D eigenvalue weighted by Gasteiger charge is 2.63. The van der Waals surface area contributed by atoms with Crippen LogP contribution in [-0.2, 0) is 16.0 Å². The second-order valence-corrected chi connectivity index (χ2v) is 8.27. The third-order valence-electron chi connectivity index (χ3n) is 6.47. The fraction of sp³-hybridized carbons (Fsp3) is 0.500. The van der Waals surface area contributed by atoms with E-state index in [1.54, 1.807) is 4.90 Å². The van der Waals surface area contributed by atoms with Crippen LogP contribution < -0.4 is 5.32 Å². The van der Waals surface area contributed by atoms with Crippen molar-refractivity contribution in [2.24, 2.45) is 11.8 Å². The smallest absolute Gasteiger partial charge is 0.277 e. The second kappa shape index (κ2) is 7.12. The Bertz CT molecular complexity index is 965. The van der Waals surface area contributed by atoms with Crippen LogP contribution in [0.4, 0.5) is 8.78 Å². The summed E-state index contributed by atoms with van der Waals surface area (Å²) >= 11 is 0. The minimum atomic E-state index is -0.709. The van der Waals surface area contributed by atoms with E-state index in [2.05, 4.69) is 20.3 Å². The number of ether oxygens (including phenoxy) is 1. The number of nitrogens with one attached hydrogen (secondary N) is 1. The number of nitrogens with zero attached hydrogens (tertiary/aromatic N) is 3. The van der Waals surface area contributed by atoms with Gasteiger partial charge in [-0.2, -0.15) is 0 Å². The van der Waals surface area contributed by atoms with Crippen molar-refractivity contribution in [1.82, 2.24) is 20.5 Å². The van der Waals surface area contributed by atoms with Gasteiger partial charge in [0.05, 0.1) is 24.7 Å². The van der Waals surface area contributed by atoms with Crippen molar-refractivity contribution >= 4 is 11.8 Å². The molecule has 2 aromatic rings. The molecule has 0 aliphatic carbocycles. The fourth-order valence-electron chi connectivity index (χ4n) is 5.23. The number of amides is 2. The molecule has 3 aliphatic rings. The first-order valence-corrected chi connectivity index (χ1v) is 9.90. The van der Waals surface area contributed by atoms with Gasteiger partial charge in [0.15, 0.2) is 5.69 Å². The molecule has 3 fully saturated rings. The van der Waals surface area contributed by atoms with Crippen LogP contribution in [0.25, 0.3) is 0 Å². The highest BCUT2D eigenvalue weighted by Crippen LogP contribution is 2.54. The number of carbonyl (C=O) groups excluding carboxylic acids is 2. The van der Waals surface area contributed by atoms with Gasteiger partial charge < -0.3 is 15.0 Å². The van der Waals surface area contributed by atoms with Crippen LogP contribution in [0.5, 0.6) is 0 Å². The molecule has 1 aromatic carbocycles. The Labute approximate surface area is 170 Å². The summed E-state index contributed by atoms with van der Waals surface area (Å²) in [7, 11) is 0. The lowest BCUT2D eigenvalue weighted by Crippen LogP contribution is -2.42. The Kier molecular flexibility index (Phi) is 4.53. The first-order chi connectivity index (χ1) is 14.4. The zero-order chi connectivity index (χ0) is 20.9. The summed E-state index contributed by atoms with van der Waals surface area (Å²) < 4.78 is 37.5. The molecule has 1 aromatic heterocycles. The van der Waals surface area contributed by atoms with E-state index in [9.17, 15) is 18.4 Å². The monoisotopic (exact) mass is 418 g/mol. The van der Waals surface area contributed by atoms with Crippen molar-refractivity contribution in [3.05, 3.63) is 47.3 Å². The molecule has 5 rings (SSSR count). The Balaban J connectivity index is 1.23. The van der Waals surface area contributed by atoms with Gasteiger partial charge in [0.1, 0.15) is 17.8 Å². The van der Waals surface area contributed by atoms with E-state index in [4.69, 9.17) is 4.74 Å². The van der Waals surface area contributed by atoms with Gasteiger partial charge in [0, 0.05) is 31.0 Å². The molecule has 8 nitrogen and oxygen atoms in total. The topological polar surface area (TPSA) is 97.6 Å². The minimum Gasteiger partial charge on any atom is -0.369 e. The SMILES string of the molecule is O=C(Cc1cc(F)cc(F)c1)NC[C@H]1[C@H]2CN(C(=O)c3cnon3)C[C@]23CC[C@H]1O3. The average Bonchev–Trinajstić information content (AvgIpc) is 3.45. The van der Waals surface area contributed by atoms with Crippen molar-refractivity contribution < 1.29 is 27.7 Å². The lowest BCUT2D eigenvalue weighted by molar-refractivity contribution is -0.120. The Hall–Kier alpha value is -2.88. The van der Waals surface area contributed by atoms with Crippen molar-refractivity contribution in [1.29, 1.82) is 0 Å². The largest absolute Gasteiger partial charge is 0.369 e. The van der Waals surface area contributed by atoms with E-state index in [1.165, 1.54) is 6.20 Å². The third kappa shape index (κ3) is 3.24. The average molecular weight is 418 g/mol. The first-order valence-electron chi connectivity index (χ1n) is 9.90. The van der Waals surface area contributed by atoms with E-state index < -0.39 is 17.2 Å². The molecular weight excluding hydrogens is 398 g/mol. The lowest BCUT2D eigenvalue weighted by atomic mass is 9.73. The van der Waals surface area contributed by atoms with Gasteiger partial charge in [-0.1, -0.05) is 5.16 Å². The summed E-state index contributed by atoms with van der Waals surface area (Å²) in [5.41, 5.74) is 0.0519. The van der Waals surface area contributed by atoms with Crippen LogP contribution in [-0.4, -0.2) is 58.4 Å². The summed E-state index contributed by atoms with van der Waals surface area (Å²) in [4.78, 5) is 26.7. The van der Waals surface area contributed by atoms with E-state index in [0.29, 0.717) is 19.6 Å². The molecule has 10 heteroatoms. The molecule has 1 spiro atoms. The first kappa shape index (κ1) is 19.1. The number of hydrogen-bond acceptors (Lipinski definition) is 6. The molecule has 2 bridgehead atoms. The van der Waals surface area contributed by atoms with Crippen molar-refractivity contribution in [3.63, 3.8) is 0 Å². The van der Waals surface area contributed by atoms with Crippen molar-refractivity contribution in [3.8, 4) is 0 Å². The third-order valence-corrected chi connectivity index (χ3v) is 6.47. The minimum absolute atomic E-state index is 0.0351. The maximum absolute atomic E-state index is 13.3. The number of rotatable bonds is 5. The Morgan fingerprint density at radius 1 is 1.27 bits per heavy atom. The molecule has 4 heterocycles. The van der Waals surface area contributed by atoms with Gasteiger partial charge in [0.2, 0.25) is 5.91 Å².